The molecule has 2 rings (SSSR count). The molecule has 1 aliphatic heterocycles. The predicted octanol–water partition coefficient (Wildman–Crippen LogP) is 1.36. The molecule has 118 valence electrons. The lowest BCUT2D eigenvalue weighted by molar-refractivity contribution is -0.143. The molecule has 22 heavy (non-hydrogen) atoms. The van der Waals surface area contributed by atoms with Gasteiger partial charge in [0, 0.05) is 11.6 Å². The van der Waals surface area contributed by atoms with Crippen LogP contribution in [0.1, 0.15) is 29.6 Å². The largest absolute Gasteiger partial charge is 0.452 e. The maximum Gasteiger partial charge on any atom is 0.338 e. The molecule has 0 saturated carbocycles. The van der Waals surface area contributed by atoms with Crippen LogP contribution >= 0.6 is 11.6 Å². The molecule has 0 spiro atoms. The second kappa shape index (κ2) is 7.26. The van der Waals surface area contributed by atoms with Crippen LogP contribution in [0.15, 0.2) is 24.3 Å². The van der Waals surface area contributed by atoms with Crippen molar-refractivity contribution in [3.05, 3.63) is 34.9 Å². The Labute approximate surface area is 133 Å². The zero-order valence-electron chi connectivity index (χ0n) is 12.0. The summed E-state index contributed by atoms with van der Waals surface area (Å²) in [6.45, 7) is 0.0241. The smallest absolute Gasteiger partial charge is 0.338 e. The molecule has 1 aliphatic rings. The molecule has 0 radical (unpaired) electrons. The lowest BCUT2D eigenvalue weighted by Crippen LogP contribution is -2.51. The minimum Gasteiger partial charge on any atom is -0.452 e. The molecule has 1 saturated heterocycles. The van der Waals surface area contributed by atoms with Gasteiger partial charge in [0.2, 0.25) is 5.91 Å². The van der Waals surface area contributed by atoms with E-state index in [4.69, 9.17) is 22.1 Å². The van der Waals surface area contributed by atoms with Gasteiger partial charge in [-0.3, -0.25) is 9.59 Å². The number of hydrogen-bond donors (Lipinski definition) is 1. The van der Waals surface area contributed by atoms with Crippen molar-refractivity contribution in [1.82, 2.24) is 4.90 Å². The molecule has 0 unspecified atom stereocenters. The average molecular weight is 325 g/mol. The second-order valence-corrected chi connectivity index (χ2v) is 5.52. The van der Waals surface area contributed by atoms with Crippen molar-refractivity contribution in [2.24, 2.45) is 5.73 Å². The highest BCUT2D eigenvalue weighted by Crippen LogP contribution is 2.17. The summed E-state index contributed by atoms with van der Waals surface area (Å²) in [6, 6.07) is 5.64. The number of ether oxygens (including phenoxy) is 1. The number of nitrogens with zero attached hydrogens (tertiary/aromatic N) is 1. The third kappa shape index (κ3) is 3.98. The summed E-state index contributed by atoms with van der Waals surface area (Å²) in [5.74, 6) is -1.59. The summed E-state index contributed by atoms with van der Waals surface area (Å²) < 4.78 is 4.99. The van der Waals surface area contributed by atoms with Crippen LogP contribution in [-0.2, 0) is 14.3 Å². The van der Waals surface area contributed by atoms with Gasteiger partial charge in [-0.25, -0.2) is 4.79 Å². The first-order valence-electron chi connectivity index (χ1n) is 7.00. The fourth-order valence-electron chi connectivity index (χ4n) is 2.43. The van der Waals surface area contributed by atoms with E-state index in [9.17, 15) is 14.4 Å². The zero-order chi connectivity index (χ0) is 16.1. The topological polar surface area (TPSA) is 89.7 Å². The number of carbonyl (C=O) groups excluding carboxylic acids is 3. The van der Waals surface area contributed by atoms with Gasteiger partial charge in [-0.1, -0.05) is 17.7 Å². The van der Waals surface area contributed by atoms with Crippen molar-refractivity contribution >= 4 is 29.4 Å². The van der Waals surface area contributed by atoms with Crippen LogP contribution in [0.2, 0.25) is 5.02 Å². The third-order valence-electron chi connectivity index (χ3n) is 3.54. The Bertz CT molecular complexity index is 591. The standard InChI is InChI=1S/C15H17ClN2O4/c16-11-5-3-4-10(8-11)15(21)22-9-13(19)18-7-2-1-6-12(18)14(17)20/h3-5,8,12H,1-2,6-7,9H2,(H2,17,20)/t12-/m0/s1. The SMILES string of the molecule is NC(=O)[C@@H]1CCCCN1C(=O)COC(=O)c1cccc(Cl)c1. The van der Waals surface area contributed by atoms with Crippen LogP contribution in [-0.4, -0.2) is 41.9 Å². The van der Waals surface area contributed by atoms with E-state index < -0.39 is 30.4 Å². The molecular weight excluding hydrogens is 308 g/mol. The highest BCUT2D eigenvalue weighted by atomic mass is 35.5. The number of carbonyl (C=O) groups is 3. The number of nitrogens with two attached hydrogens (primary N) is 1. The first kappa shape index (κ1) is 16.3. The zero-order valence-corrected chi connectivity index (χ0v) is 12.7. The Hall–Kier alpha value is -2.08. The van der Waals surface area contributed by atoms with Gasteiger partial charge in [-0.2, -0.15) is 0 Å². The summed E-state index contributed by atoms with van der Waals surface area (Å²) in [6.07, 6.45) is 2.20. The number of rotatable bonds is 4. The van der Waals surface area contributed by atoms with Crippen molar-refractivity contribution in [2.75, 3.05) is 13.2 Å². The van der Waals surface area contributed by atoms with E-state index in [1.54, 1.807) is 18.2 Å². The Morgan fingerprint density at radius 1 is 1.32 bits per heavy atom. The Kier molecular flexibility index (Phi) is 5.38. The Balaban J connectivity index is 1.94. The molecule has 0 aromatic heterocycles. The molecule has 1 atom stereocenters. The van der Waals surface area contributed by atoms with E-state index in [-0.39, 0.29) is 5.56 Å². The summed E-state index contributed by atoms with van der Waals surface area (Å²) in [4.78, 5) is 36.7. The number of benzene rings is 1. The van der Waals surface area contributed by atoms with Gasteiger partial charge in [0.1, 0.15) is 6.04 Å². The lowest BCUT2D eigenvalue weighted by atomic mass is 10.0. The number of halogens is 1. The average Bonchev–Trinajstić information content (AvgIpc) is 2.52. The van der Waals surface area contributed by atoms with Gasteiger partial charge in [-0.15, -0.1) is 0 Å². The Morgan fingerprint density at radius 2 is 2.09 bits per heavy atom. The number of amides is 2. The number of esters is 1. The quantitative estimate of drug-likeness (QED) is 0.847. The van der Waals surface area contributed by atoms with E-state index in [2.05, 4.69) is 0 Å². The summed E-state index contributed by atoms with van der Waals surface area (Å²) in [5.41, 5.74) is 5.57. The molecule has 0 bridgehead atoms. The summed E-state index contributed by atoms with van der Waals surface area (Å²) >= 11 is 5.79. The molecule has 6 nitrogen and oxygen atoms in total. The molecule has 0 aliphatic carbocycles. The fraction of sp³-hybridized carbons (Fsp3) is 0.400. The van der Waals surface area contributed by atoms with Crippen molar-refractivity contribution in [3.63, 3.8) is 0 Å². The fourth-order valence-corrected chi connectivity index (χ4v) is 2.63. The monoisotopic (exact) mass is 324 g/mol. The van der Waals surface area contributed by atoms with Crippen LogP contribution in [0.25, 0.3) is 0 Å². The maximum atomic E-state index is 12.1. The van der Waals surface area contributed by atoms with Crippen LogP contribution in [0, 0.1) is 0 Å². The molecule has 7 heteroatoms. The molecule has 2 amide bonds. The number of primary amides is 1. The van der Waals surface area contributed by atoms with Crippen molar-refractivity contribution < 1.29 is 19.1 Å². The minimum absolute atomic E-state index is 0.269. The third-order valence-corrected chi connectivity index (χ3v) is 3.77. The van der Waals surface area contributed by atoms with Gasteiger partial charge in [0.25, 0.3) is 5.91 Å². The minimum atomic E-state index is -0.636. The first-order chi connectivity index (χ1) is 10.5. The molecule has 2 N–H and O–H groups in total. The predicted molar refractivity (Wildman–Crippen MR) is 80.3 cm³/mol. The van der Waals surface area contributed by atoms with E-state index >= 15 is 0 Å². The van der Waals surface area contributed by atoms with Crippen LogP contribution in [0.5, 0.6) is 0 Å². The van der Waals surface area contributed by atoms with Crippen LogP contribution in [0.4, 0.5) is 0 Å². The van der Waals surface area contributed by atoms with Crippen LogP contribution in [0.3, 0.4) is 0 Å². The summed E-state index contributed by atoms with van der Waals surface area (Å²) in [7, 11) is 0. The highest BCUT2D eigenvalue weighted by Gasteiger charge is 2.31. The number of piperidine rings is 1. The van der Waals surface area contributed by atoms with Gasteiger partial charge < -0.3 is 15.4 Å². The van der Waals surface area contributed by atoms with Gasteiger partial charge in [0.05, 0.1) is 5.56 Å². The molecule has 1 fully saturated rings. The molecular formula is C15H17ClN2O4. The number of hydrogen-bond acceptors (Lipinski definition) is 4. The van der Waals surface area contributed by atoms with Crippen molar-refractivity contribution in [2.45, 2.75) is 25.3 Å². The Morgan fingerprint density at radius 3 is 2.77 bits per heavy atom. The normalized spacial score (nSPS) is 17.9. The van der Waals surface area contributed by atoms with Crippen LogP contribution < -0.4 is 5.73 Å². The van der Waals surface area contributed by atoms with Crippen molar-refractivity contribution in [1.29, 1.82) is 0 Å². The van der Waals surface area contributed by atoms with Gasteiger partial charge in [0.15, 0.2) is 6.61 Å². The van der Waals surface area contributed by atoms with Gasteiger partial charge >= 0.3 is 5.97 Å². The van der Waals surface area contributed by atoms with E-state index in [1.165, 1.54) is 11.0 Å². The molecule has 1 aromatic rings. The number of likely N-dealkylation sites (tertiary alicyclic amines) is 1. The molecule has 1 heterocycles. The van der Waals surface area contributed by atoms with E-state index in [0.717, 1.165) is 12.8 Å². The van der Waals surface area contributed by atoms with E-state index in [1.807, 2.05) is 0 Å². The summed E-state index contributed by atoms with van der Waals surface area (Å²) in [5, 5.41) is 0.408. The second-order valence-electron chi connectivity index (χ2n) is 5.09. The first-order valence-corrected chi connectivity index (χ1v) is 7.38. The highest BCUT2D eigenvalue weighted by molar-refractivity contribution is 6.30. The van der Waals surface area contributed by atoms with Crippen molar-refractivity contribution in [3.8, 4) is 0 Å². The maximum absolute atomic E-state index is 12.1. The van der Waals surface area contributed by atoms with Gasteiger partial charge in [-0.05, 0) is 37.5 Å². The van der Waals surface area contributed by atoms with E-state index in [0.29, 0.717) is 18.0 Å². The molecule has 1 aromatic carbocycles. The lowest BCUT2D eigenvalue weighted by Gasteiger charge is -2.33.